The van der Waals surface area contributed by atoms with Crippen molar-refractivity contribution >= 4 is 32.7 Å². The van der Waals surface area contributed by atoms with Crippen LogP contribution in [0, 0.1) is 0 Å². The molecule has 0 aromatic carbocycles. The molecule has 0 amide bonds. The van der Waals surface area contributed by atoms with Crippen LogP contribution in [-0.2, 0) is 0 Å². The van der Waals surface area contributed by atoms with Crippen molar-refractivity contribution in [2.24, 2.45) is 0 Å². The van der Waals surface area contributed by atoms with Crippen molar-refractivity contribution < 1.29 is 5.11 Å². The van der Waals surface area contributed by atoms with Crippen LogP contribution in [0.25, 0.3) is 11.0 Å². The Morgan fingerprint density at radius 2 is 2.27 bits per heavy atom. The Morgan fingerprint density at radius 3 is 3.07 bits per heavy atom. The molecule has 78 valence electrons. The monoisotopic (exact) mass is 267 g/mol. The van der Waals surface area contributed by atoms with Crippen LogP contribution >= 0.6 is 15.9 Å². The van der Waals surface area contributed by atoms with E-state index in [1.165, 1.54) is 0 Å². The highest BCUT2D eigenvalue weighted by molar-refractivity contribution is 9.10. The zero-order chi connectivity index (χ0) is 10.7. The van der Waals surface area contributed by atoms with Crippen molar-refractivity contribution in [3.63, 3.8) is 0 Å². The predicted octanol–water partition coefficient (Wildman–Crippen LogP) is 1.80. The molecule has 0 aliphatic rings. The van der Waals surface area contributed by atoms with Crippen molar-refractivity contribution in [3.05, 3.63) is 29.0 Å². The van der Waals surface area contributed by atoms with E-state index in [1.807, 2.05) is 12.1 Å². The maximum Gasteiger partial charge on any atom is 0.112 e. The molecule has 2 aromatic rings. The fourth-order valence-corrected chi connectivity index (χ4v) is 1.66. The van der Waals surface area contributed by atoms with Crippen LogP contribution in [0.15, 0.2) is 29.0 Å². The third kappa shape index (κ3) is 2.24. The predicted molar refractivity (Wildman–Crippen MR) is 62.8 cm³/mol. The van der Waals surface area contributed by atoms with Crippen LogP contribution in [0.4, 0.5) is 5.69 Å². The Hall–Kier alpha value is -1.20. The number of rotatable bonds is 3. The molecule has 0 radical (unpaired) electrons. The van der Waals surface area contributed by atoms with E-state index in [1.54, 1.807) is 12.4 Å². The lowest BCUT2D eigenvalue weighted by atomic mass is 10.3. The summed E-state index contributed by atoms with van der Waals surface area (Å²) in [5.41, 5.74) is 2.53. The fourth-order valence-electron chi connectivity index (χ4n) is 1.34. The van der Waals surface area contributed by atoms with Crippen LogP contribution in [0.5, 0.6) is 0 Å². The van der Waals surface area contributed by atoms with E-state index in [9.17, 15) is 0 Å². The lowest BCUT2D eigenvalue weighted by Crippen LogP contribution is -2.06. The third-order valence-corrected chi connectivity index (χ3v) is 2.41. The fraction of sp³-hybridized carbons (Fsp3) is 0.200. The average molecular weight is 268 g/mol. The number of fused-ring (bicyclic) bond motifs is 1. The molecule has 2 heterocycles. The third-order valence-electron chi connectivity index (χ3n) is 1.97. The highest BCUT2D eigenvalue weighted by Gasteiger charge is 2.02. The second-order valence-corrected chi connectivity index (χ2v) is 3.95. The summed E-state index contributed by atoms with van der Waals surface area (Å²) >= 11 is 3.35. The first-order valence-corrected chi connectivity index (χ1v) is 5.35. The topological polar surface area (TPSA) is 58.0 Å². The lowest BCUT2D eigenvalue weighted by Gasteiger charge is -2.06. The second-order valence-electron chi connectivity index (χ2n) is 3.03. The molecule has 0 atom stereocenters. The minimum Gasteiger partial charge on any atom is -0.395 e. The quantitative estimate of drug-likeness (QED) is 0.891. The SMILES string of the molecule is OCCNc1ccnc2cc(Br)cnc12. The van der Waals surface area contributed by atoms with E-state index in [2.05, 4.69) is 31.2 Å². The number of nitrogens with zero attached hydrogens (tertiary/aromatic N) is 2. The number of anilines is 1. The molecular weight excluding hydrogens is 258 g/mol. The van der Waals surface area contributed by atoms with Gasteiger partial charge in [0.1, 0.15) is 5.52 Å². The number of hydrogen-bond acceptors (Lipinski definition) is 4. The molecule has 0 spiro atoms. The molecule has 0 fully saturated rings. The van der Waals surface area contributed by atoms with Gasteiger partial charge in [-0.2, -0.15) is 0 Å². The summed E-state index contributed by atoms with van der Waals surface area (Å²) in [6.45, 7) is 0.608. The number of hydrogen-bond donors (Lipinski definition) is 2. The standard InChI is InChI=1S/C10H10BrN3O/c11-7-5-9-10(14-6-7)8(1-2-12-9)13-3-4-15/h1-2,5-6,15H,3-4H2,(H,12,13). The van der Waals surface area contributed by atoms with Gasteiger partial charge in [0, 0.05) is 23.4 Å². The Bertz CT molecular complexity index is 475. The number of aliphatic hydroxyl groups excluding tert-OH is 1. The van der Waals surface area contributed by atoms with E-state index in [0.717, 1.165) is 21.2 Å². The number of nitrogens with one attached hydrogen (secondary N) is 1. The van der Waals surface area contributed by atoms with Gasteiger partial charge in [0.05, 0.1) is 17.8 Å². The summed E-state index contributed by atoms with van der Waals surface area (Å²) in [4.78, 5) is 8.50. The van der Waals surface area contributed by atoms with Gasteiger partial charge in [-0.3, -0.25) is 9.97 Å². The number of pyridine rings is 2. The molecule has 0 aliphatic heterocycles. The minimum absolute atomic E-state index is 0.0976. The summed E-state index contributed by atoms with van der Waals surface area (Å²) < 4.78 is 0.904. The van der Waals surface area contributed by atoms with Gasteiger partial charge in [0.15, 0.2) is 0 Å². The smallest absolute Gasteiger partial charge is 0.112 e. The number of aromatic nitrogens is 2. The molecule has 2 rings (SSSR count). The van der Waals surface area contributed by atoms with E-state index in [0.29, 0.717) is 6.54 Å². The van der Waals surface area contributed by atoms with Gasteiger partial charge < -0.3 is 10.4 Å². The Labute approximate surface area is 95.5 Å². The molecule has 5 heteroatoms. The zero-order valence-corrected chi connectivity index (χ0v) is 9.53. The molecule has 2 N–H and O–H groups in total. The number of aliphatic hydroxyl groups is 1. The van der Waals surface area contributed by atoms with Gasteiger partial charge in [-0.15, -0.1) is 0 Å². The molecule has 0 aliphatic carbocycles. The second kappa shape index (κ2) is 4.55. The first-order valence-electron chi connectivity index (χ1n) is 4.56. The average Bonchev–Trinajstić information content (AvgIpc) is 2.25. The van der Waals surface area contributed by atoms with Crippen LogP contribution in [-0.4, -0.2) is 28.2 Å². The van der Waals surface area contributed by atoms with Crippen molar-refractivity contribution in [3.8, 4) is 0 Å². The van der Waals surface area contributed by atoms with E-state index >= 15 is 0 Å². The van der Waals surface area contributed by atoms with Crippen molar-refractivity contribution in [2.75, 3.05) is 18.5 Å². The van der Waals surface area contributed by atoms with Gasteiger partial charge in [-0.1, -0.05) is 0 Å². The molecular formula is C10H10BrN3O. The first kappa shape index (κ1) is 10.3. The summed E-state index contributed by atoms with van der Waals surface area (Å²) in [5, 5.41) is 11.8. The Kier molecular flexibility index (Phi) is 3.13. The van der Waals surface area contributed by atoms with Gasteiger partial charge in [0.25, 0.3) is 0 Å². The lowest BCUT2D eigenvalue weighted by molar-refractivity contribution is 0.311. The van der Waals surface area contributed by atoms with Gasteiger partial charge in [-0.25, -0.2) is 0 Å². The molecule has 0 saturated carbocycles. The van der Waals surface area contributed by atoms with E-state index in [4.69, 9.17) is 5.11 Å². The van der Waals surface area contributed by atoms with E-state index < -0.39 is 0 Å². The van der Waals surface area contributed by atoms with E-state index in [-0.39, 0.29) is 6.61 Å². The molecule has 2 aromatic heterocycles. The summed E-state index contributed by atoms with van der Waals surface area (Å²) in [7, 11) is 0. The zero-order valence-electron chi connectivity index (χ0n) is 7.94. The minimum atomic E-state index is 0.0976. The Morgan fingerprint density at radius 1 is 1.40 bits per heavy atom. The maximum absolute atomic E-state index is 8.74. The summed E-state index contributed by atoms with van der Waals surface area (Å²) in [5.74, 6) is 0. The number of halogens is 1. The molecule has 0 unspecified atom stereocenters. The van der Waals surface area contributed by atoms with Crippen LogP contribution in [0.3, 0.4) is 0 Å². The van der Waals surface area contributed by atoms with Gasteiger partial charge in [-0.05, 0) is 28.1 Å². The molecule has 4 nitrogen and oxygen atoms in total. The van der Waals surface area contributed by atoms with Gasteiger partial charge >= 0.3 is 0 Å². The molecule has 0 saturated heterocycles. The molecule has 0 bridgehead atoms. The first-order chi connectivity index (χ1) is 7.31. The summed E-state index contributed by atoms with van der Waals surface area (Å²) in [6.07, 6.45) is 3.45. The summed E-state index contributed by atoms with van der Waals surface area (Å²) in [6, 6.07) is 3.76. The highest BCUT2D eigenvalue weighted by atomic mass is 79.9. The maximum atomic E-state index is 8.74. The van der Waals surface area contributed by atoms with Gasteiger partial charge in [0.2, 0.25) is 0 Å². The van der Waals surface area contributed by atoms with Crippen LogP contribution in [0.2, 0.25) is 0 Å². The normalized spacial score (nSPS) is 10.5. The van der Waals surface area contributed by atoms with Crippen molar-refractivity contribution in [1.82, 2.24) is 9.97 Å². The van der Waals surface area contributed by atoms with Crippen LogP contribution in [0.1, 0.15) is 0 Å². The largest absolute Gasteiger partial charge is 0.395 e. The highest BCUT2D eigenvalue weighted by Crippen LogP contribution is 2.21. The molecule has 15 heavy (non-hydrogen) atoms. The van der Waals surface area contributed by atoms with Crippen molar-refractivity contribution in [2.45, 2.75) is 0 Å². The Balaban J connectivity index is 2.46. The van der Waals surface area contributed by atoms with Crippen LogP contribution < -0.4 is 5.32 Å². The van der Waals surface area contributed by atoms with Crippen molar-refractivity contribution in [1.29, 1.82) is 0 Å².